The number of thiazole rings is 1. The van der Waals surface area contributed by atoms with Gasteiger partial charge in [-0.15, -0.1) is 11.3 Å². The monoisotopic (exact) mass is 345 g/mol. The molecular weight excluding hydrogens is 337 g/mol. The van der Waals surface area contributed by atoms with Crippen LogP contribution in [0.2, 0.25) is 0 Å². The first-order chi connectivity index (χ1) is 7.68. The Hall–Kier alpha value is -1.15. The summed E-state index contributed by atoms with van der Waals surface area (Å²) < 4.78 is 1.10. The summed E-state index contributed by atoms with van der Waals surface area (Å²) in [5.74, 6) is 0. The van der Waals surface area contributed by atoms with Crippen molar-refractivity contribution >= 4 is 50.8 Å². The van der Waals surface area contributed by atoms with Gasteiger partial charge in [-0.3, -0.25) is 0 Å². The molecule has 16 heavy (non-hydrogen) atoms. The van der Waals surface area contributed by atoms with E-state index in [1.54, 1.807) is 11.6 Å². The number of amides is 2. The molecule has 0 atom stereocenters. The number of nitrogens with two attached hydrogens (primary N) is 1. The lowest BCUT2D eigenvalue weighted by Crippen LogP contribution is -2.31. The van der Waals surface area contributed by atoms with Crippen molar-refractivity contribution < 1.29 is 4.79 Å². The maximum absolute atomic E-state index is 11.4. The lowest BCUT2D eigenvalue weighted by molar-refractivity contribution is 0.256. The zero-order valence-electron chi connectivity index (χ0n) is 8.13. The van der Waals surface area contributed by atoms with E-state index in [0.717, 1.165) is 9.26 Å². The molecule has 2 aromatic rings. The Morgan fingerprint density at radius 1 is 1.38 bits per heavy atom. The minimum Gasteiger partial charge on any atom is -0.351 e. The fourth-order valence-electron chi connectivity index (χ4n) is 1.25. The Kier molecular flexibility index (Phi) is 3.39. The molecule has 2 N–H and O–H groups in total. The zero-order valence-corrected chi connectivity index (χ0v) is 11.1. The highest BCUT2D eigenvalue weighted by atomic mass is 127. The van der Waals surface area contributed by atoms with Crippen LogP contribution in [-0.2, 0) is 0 Å². The Morgan fingerprint density at radius 3 is 2.56 bits per heavy atom. The van der Waals surface area contributed by atoms with E-state index in [1.807, 2.05) is 24.3 Å². The summed E-state index contributed by atoms with van der Waals surface area (Å²) in [6, 6.07) is 6.98. The van der Waals surface area contributed by atoms with Gasteiger partial charge in [0, 0.05) is 15.1 Å². The second-order valence-corrected chi connectivity index (χ2v) is 5.08. The predicted molar refractivity (Wildman–Crippen MR) is 73.0 cm³/mol. The van der Waals surface area contributed by atoms with Crippen molar-refractivity contribution in [2.75, 3.05) is 4.90 Å². The fraction of sp³-hybridized carbons (Fsp3) is 0. The van der Waals surface area contributed by atoms with Gasteiger partial charge in [0.25, 0.3) is 0 Å². The molecule has 0 bridgehead atoms. The molecule has 1 aromatic heterocycles. The smallest absolute Gasteiger partial charge is 0.325 e. The number of nitrogens with zero attached hydrogens (tertiary/aromatic N) is 2. The molecule has 4 nitrogen and oxygen atoms in total. The number of halogens is 1. The molecule has 6 heteroatoms. The number of anilines is 2. The van der Waals surface area contributed by atoms with Crippen molar-refractivity contribution in [2.24, 2.45) is 5.73 Å². The summed E-state index contributed by atoms with van der Waals surface area (Å²) in [5.41, 5.74) is 6.07. The van der Waals surface area contributed by atoms with Gasteiger partial charge in [-0.25, -0.2) is 14.7 Å². The Morgan fingerprint density at radius 2 is 2.06 bits per heavy atom. The molecule has 82 valence electrons. The third-order valence-electron chi connectivity index (χ3n) is 1.92. The van der Waals surface area contributed by atoms with Crippen molar-refractivity contribution in [3.8, 4) is 0 Å². The van der Waals surface area contributed by atoms with Gasteiger partial charge >= 0.3 is 6.03 Å². The van der Waals surface area contributed by atoms with E-state index in [4.69, 9.17) is 5.73 Å². The number of hydrogen-bond donors (Lipinski definition) is 1. The molecule has 1 aromatic carbocycles. The Balaban J connectivity index is 2.41. The van der Waals surface area contributed by atoms with Gasteiger partial charge < -0.3 is 5.73 Å². The molecule has 0 aliphatic rings. The van der Waals surface area contributed by atoms with Crippen LogP contribution >= 0.6 is 33.9 Å². The highest BCUT2D eigenvalue weighted by Crippen LogP contribution is 2.27. The van der Waals surface area contributed by atoms with Gasteiger partial charge in [-0.2, -0.15) is 0 Å². The average Bonchev–Trinajstić information content (AvgIpc) is 2.74. The minimum absolute atomic E-state index is 0.531. The van der Waals surface area contributed by atoms with Crippen molar-refractivity contribution in [1.82, 2.24) is 4.98 Å². The molecule has 0 saturated carbocycles. The largest absolute Gasteiger partial charge is 0.351 e. The van der Waals surface area contributed by atoms with E-state index in [0.29, 0.717) is 5.13 Å². The summed E-state index contributed by atoms with van der Waals surface area (Å²) >= 11 is 3.57. The number of hydrogen-bond acceptors (Lipinski definition) is 3. The second-order valence-electron chi connectivity index (χ2n) is 2.96. The molecule has 0 spiro atoms. The quantitative estimate of drug-likeness (QED) is 0.851. The summed E-state index contributed by atoms with van der Waals surface area (Å²) in [7, 11) is 0. The van der Waals surface area contributed by atoms with Crippen LogP contribution in [0, 0.1) is 3.57 Å². The highest BCUT2D eigenvalue weighted by Gasteiger charge is 2.16. The van der Waals surface area contributed by atoms with Crippen LogP contribution in [-0.4, -0.2) is 11.0 Å². The first-order valence-corrected chi connectivity index (χ1v) is 6.39. The van der Waals surface area contributed by atoms with Crippen molar-refractivity contribution in [2.45, 2.75) is 0 Å². The number of urea groups is 1. The van der Waals surface area contributed by atoms with Crippen LogP contribution in [0.3, 0.4) is 0 Å². The van der Waals surface area contributed by atoms with Crippen LogP contribution in [0.4, 0.5) is 15.6 Å². The molecule has 1 heterocycles. The molecule has 2 amide bonds. The Labute approximate surface area is 110 Å². The average molecular weight is 345 g/mol. The van der Waals surface area contributed by atoms with Gasteiger partial charge in [0.1, 0.15) is 0 Å². The van der Waals surface area contributed by atoms with Crippen LogP contribution in [0.5, 0.6) is 0 Å². The second kappa shape index (κ2) is 4.79. The van der Waals surface area contributed by atoms with Crippen LogP contribution < -0.4 is 10.6 Å². The van der Waals surface area contributed by atoms with Gasteiger partial charge in [-0.1, -0.05) is 0 Å². The number of carbonyl (C=O) groups is 1. The third kappa shape index (κ3) is 2.33. The number of rotatable bonds is 2. The van der Waals surface area contributed by atoms with Gasteiger partial charge in [0.05, 0.1) is 5.69 Å². The van der Waals surface area contributed by atoms with Crippen LogP contribution in [0.1, 0.15) is 0 Å². The van der Waals surface area contributed by atoms with E-state index in [9.17, 15) is 4.79 Å². The summed E-state index contributed by atoms with van der Waals surface area (Å²) in [5, 5.41) is 2.38. The molecule has 0 unspecified atom stereocenters. The maximum Gasteiger partial charge on any atom is 0.325 e. The fourth-order valence-corrected chi connectivity index (χ4v) is 2.27. The summed E-state index contributed by atoms with van der Waals surface area (Å²) in [4.78, 5) is 16.9. The topological polar surface area (TPSA) is 59.2 Å². The lowest BCUT2D eigenvalue weighted by atomic mass is 10.3. The SMILES string of the molecule is NC(=O)N(c1ccc(I)cc1)c1nccs1. The molecule has 0 radical (unpaired) electrons. The summed E-state index contributed by atoms with van der Waals surface area (Å²) in [6.07, 6.45) is 1.64. The first kappa shape index (κ1) is 11.3. The van der Waals surface area contributed by atoms with Gasteiger partial charge in [0.15, 0.2) is 5.13 Å². The van der Waals surface area contributed by atoms with Gasteiger partial charge in [0.2, 0.25) is 0 Å². The zero-order chi connectivity index (χ0) is 11.5. The van der Waals surface area contributed by atoms with Gasteiger partial charge in [-0.05, 0) is 46.9 Å². The van der Waals surface area contributed by atoms with E-state index >= 15 is 0 Å². The van der Waals surface area contributed by atoms with E-state index in [-0.39, 0.29) is 0 Å². The Bertz CT molecular complexity index is 483. The minimum atomic E-state index is -0.531. The molecule has 0 fully saturated rings. The van der Waals surface area contributed by atoms with E-state index < -0.39 is 6.03 Å². The number of benzene rings is 1. The first-order valence-electron chi connectivity index (χ1n) is 4.43. The molecule has 0 aliphatic heterocycles. The molecular formula is C10H8IN3OS. The van der Waals surface area contributed by atoms with Crippen molar-refractivity contribution in [3.05, 3.63) is 39.4 Å². The van der Waals surface area contributed by atoms with Crippen LogP contribution in [0.15, 0.2) is 35.8 Å². The van der Waals surface area contributed by atoms with Crippen molar-refractivity contribution in [1.29, 1.82) is 0 Å². The number of aromatic nitrogens is 1. The number of carbonyl (C=O) groups excluding carboxylic acids is 1. The summed E-state index contributed by atoms with van der Waals surface area (Å²) in [6.45, 7) is 0. The molecule has 0 aliphatic carbocycles. The molecule has 0 saturated heterocycles. The highest BCUT2D eigenvalue weighted by molar-refractivity contribution is 14.1. The normalized spacial score (nSPS) is 10.1. The maximum atomic E-state index is 11.4. The predicted octanol–water partition coefficient (Wildman–Crippen LogP) is 2.96. The van der Waals surface area contributed by atoms with Crippen LogP contribution in [0.25, 0.3) is 0 Å². The van der Waals surface area contributed by atoms with E-state index in [2.05, 4.69) is 27.6 Å². The standard InChI is InChI=1S/C10H8IN3OS/c11-7-1-3-8(4-2-7)14(9(12)15)10-13-5-6-16-10/h1-6H,(H2,12,15). The third-order valence-corrected chi connectivity index (χ3v) is 3.39. The number of primary amides is 1. The van der Waals surface area contributed by atoms with E-state index in [1.165, 1.54) is 16.2 Å². The lowest BCUT2D eigenvalue weighted by Gasteiger charge is -2.16. The molecule has 2 rings (SSSR count). The van der Waals surface area contributed by atoms with Crippen molar-refractivity contribution in [3.63, 3.8) is 0 Å².